The Morgan fingerprint density at radius 1 is 1.69 bits per heavy atom. The Morgan fingerprint density at radius 2 is 2.38 bits per heavy atom. The molecule has 0 radical (unpaired) electrons. The molecule has 0 aliphatic heterocycles. The summed E-state index contributed by atoms with van der Waals surface area (Å²) in [6.45, 7) is 1.17. The molecule has 0 atom stereocenters. The van der Waals surface area contributed by atoms with E-state index in [1.54, 1.807) is 7.05 Å². The molecule has 13 heavy (non-hydrogen) atoms. The lowest BCUT2D eigenvalue weighted by molar-refractivity contribution is 0.363. The number of nitrogens with zero attached hydrogens (tertiary/aromatic N) is 5. The normalized spacial score (nSPS) is 10.7. The number of tetrazole rings is 1. The van der Waals surface area contributed by atoms with E-state index in [1.807, 2.05) is 11.9 Å². The van der Waals surface area contributed by atoms with E-state index in [4.69, 9.17) is 18.0 Å². The maximum Gasteiger partial charge on any atom is 0.188 e. The number of aromatic nitrogens is 4. The Kier molecular flexibility index (Phi) is 3.26. The number of likely N-dealkylation sites (N-methyl/N-ethyl adjacent to an activating group) is 1. The van der Waals surface area contributed by atoms with E-state index in [1.165, 1.54) is 4.80 Å². The van der Waals surface area contributed by atoms with Gasteiger partial charge in [-0.1, -0.05) is 12.2 Å². The highest BCUT2D eigenvalue weighted by Crippen LogP contribution is 1.92. The third kappa shape index (κ3) is 3.43. The van der Waals surface area contributed by atoms with Crippen LogP contribution in [0.1, 0.15) is 5.82 Å². The molecule has 1 rings (SSSR count). The van der Waals surface area contributed by atoms with Crippen molar-refractivity contribution in [2.75, 3.05) is 13.6 Å². The first kappa shape index (κ1) is 10.0. The van der Waals surface area contributed by atoms with E-state index in [0.29, 0.717) is 23.9 Å². The molecule has 0 bridgehead atoms. The second kappa shape index (κ2) is 4.24. The summed E-state index contributed by atoms with van der Waals surface area (Å²) in [7, 11) is 3.62. The van der Waals surface area contributed by atoms with Gasteiger partial charge in [0.2, 0.25) is 0 Å². The van der Waals surface area contributed by atoms with Gasteiger partial charge >= 0.3 is 0 Å². The van der Waals surface area contributed by atoms with Crippen LogP contribution in [0.3, 0.4) is 0 Å². The largest absolute Gasteiger partial charge is 0.392 e. The quantitative estimate of drug-likeness (QED) is 0.624. The van der Waals surface area contributed by atoms with Gasteiger partial charge in [0.1, 0.15) is 0 Å². The summed E-state index contributed by atoms with van der Waals surface area (Å²) in [4.78, 5) is 3.81. The zero-order valence-corrected chi connectivity index (χ0v) is 8.45. The summed E-state index contributed by atoms with van der Waals surface area (Å²) in [6, 6.07) is 0. The molecule has 0 aliphatic carbocycles. The van der Waals surface area contributed by atoms with E-state index in [-0.39, 0.29) is 0 Å². The molecule has 2 N–H and O–H groups in total. The maximum absolute atomic E-state index is 5.38. The number of hydrogen-bond donors (Lipinski definition) is 1. The van der Waals surface area contributed by atoms with Crippen molar-refractivity contribution in [1.82, 2.24) is 25.1 Å². The minimum absolute atomic E-state index is 0.464. The van der Waals surface area contributed by atoms with Crippen LogP contribution in [0, 0.1) is 0 Å². The molecule has 6 nitrogen and oxygen atoms in total. The van der Waals surface area contributed by atoms with Gasteiger partial charge in [0.05, 0.1) is 18.6 Å². The minimum Gasteiger partial charge on any atom is -0.392 e. The Labute approximate surface area is 81.7 Å². The number of aryl methyl sites for hydroxylation is 1. The lowest BCUT2D eigenvalue weighted by atomic mass is 10.5. The van der Waals surface area contributed by atoms with Crippen LogP contribution in [0.25, 0.3) is 0 Å². The van der Waals surface area contributed by atoms with Crippen molar-refractivity contribution in [1.29, 1.82) is 0 Å². The molecule has 0 fully saturated rings. The third-order valence-corrected chi connectivity index (χ3v) is 1.52. The molecule has 1 heterocycles. The predicted octanol–water partition coefficient (Wildman–Crippen LogP) is -1.07. The second-order valence-electron chi connectivity index (χ2n) is 2.83. The average molecular weight is 200 g/mol. The minimum atomic E-state index is 0.464. The topological polar surface area (TPSA) is 72.9 Å². The van der Waals surface area contributed by atoms with Crippen molar-refractivity contribution < 1.29 is 0 Å². The van der Waals surface area contributed by atoms with Crippen LogP contribution >= 0.6 is 12.2 Å². The standard InChI is InChI=1S/C6H12N6S/c1-11(3-5(7)13)4-6-8-10-12(2)9-6/h3-4H2,1-2H3,(H2,7,13). The lowest BCUT2D eigenvalue weighted by Gasteiger charge is -2.12. The van der Waals surface area contributed by atoms with E-state index in [9.17, 15) is 0 Å². The predicted molar refractivity (Wildman–Crippen MR) is 51.9 cm³/mol. The van der Waals surface area contributed by atoms with Gasteiger partial charge in [-0.25, -0.2) is 0 Å². The highest BCUT2D eigenvalue weighted by Gasteiger charge is 2.05. The molecule has 0 amide bonds. The molecule has 1 aromatic heterocycles. The molecule has 0 saturated heterocycles. The average Bonchev–Trinajstić information content (AvgIpc) is 2.33. The Hall–Kier alpha value is -1.08. The number of rotatable bonds is 4. The van der Waals surface area contributed by atoms with Crippen molar-refractivity contribution in [3.8, 4) is 0 Å². The SMILES string of the molecule is CN(CC(N)=S)Cc1nnn(C)n1. The van der Waals surface area contributed by atoms with Gasteiger partial charge < -0.3 is 5.73 Å². The van der Waals surface area contributed by atoms with Gasteiger partial charge in [0, 0.05) is 6.54 Å². The lowest BCUT2D eigenvalue weighted by Crippen LogP contribution is -2.29. The van der Waals surface area contributed by atoms with Gasteiger partial charge in [0.15, 0.2) is 5.82 Å². The zero-order valence-electron chi connectivity index (χ0n) is 7.64. The van der Waals surface area contributed by atoms with Crippen molar-refractivity contribution >= 4 is 17.2 Å². The molecule has 0 aliphatic rings. The van der Waals surface area contributed by atoms with Crippen molar-refractivity contribution in [3.05, 3.63) is 5.82 Å². The first-order valence-electron chi connectivity index (χ1n) is 3.77. The van der Waals surface area contributed by atoms with E-state index in [0.717, 1.165) is 0 Å². The Balaban J connectivity index is 2.44. The van der Waals surface area contributed by atoms with Crippen molar-refractivity contribution in [3.63, 3.8) is 0 Å². The summed E-state index contributed by atoms with van der Waals surface area (Å²) in [5, 5.41) is 11.6. The number of thiocarbonyl (C=S) groups is 1. The van der Waals surface area contributed by atoms with Crippen molar-refractivity contribution in [2.24, 2.45) is 12.8 Å². The number of hydrogen-bond acceptors (Lipinski definition) is 5. The van der Waals surface area contributed by atoms with Gasteiger partial charge in [-0.2, -0.15) is 4.80 Å². The van der Waals surface area contributed by atoms with E-state index >= 15 is 0 Å². The number of nitrogens with two attached hydrogens (primary N) is 1. The van der Waals surface area contributed by atoms with Crippen LogP contribution in [-0.2, 0) is 13.6 Å². The molecule has 0 aromatic carbocycles. The van der Waals surface area contributed by atoms with Gasteiger partial charge in [-0.15, -0.1) is 10.2 Å². The van der Waals surface area contributed by atoms with Gasteiger partial charge in [-0.3, -0.25) is 4.90 Å². The monoisotopic (exact) mass is 200 g/mol. The summed E-state index contributed by atoms with van der Waals surface area (Å²) >= 11 is 4.77. The van der Waals surface area contributed by atoms with E-state index < -0.39 is 0 Å². The molecule has 72 valence electrons. The van der Waals surface area contributed by atoms with Crippen LogP contribution < -0.4 is 5.73 Å². The van der Waals surface area contributed by atoms with Crippen LogP contribution in [0.15, 0.2) is 0 Å². The molecule has 0 unspecified atom stereocenters. The molecule has 1 aromatic rings. The smallest absolute Gasteiger partial charge is 0.188 e. The fourth-order valence-electron chi connectivity index (χ4n) is 0.950. The zero-order chi connectivity index (χ0) is 9.84. The molecule has 0 saturated carbocycles. The molecule has 7 heteroatoms. The van der Waals surface area contributed by atoms with Crippen LogP contribution in [0.2, 0.25) is 0 Å². The fraction of sp³-hybridized carbons (Fsp3) is 0.667. The summed E-state index contributed by atoms with van der Waals surface area (Å²) in [6.07, 6.45) is 0. The van der Waals surface area contributed by atoms with Crippen LogP contribution in [-0.4, -0.2) is 43.7 Å². The summed E-state index contributed by atoms with van der Waals surface area (Å²) in [5.41, 5.74) is 5.38. The maximum atomic E-state index is 5.38. The highest BCUT2D eigenvalue weighted by atomic mass is 32.1. The highest BCUT2D eigenvalue weighted by molar-refractivity contribution is 7.80. The van der Waals surface area contributed by atoms with Crippen molar-refractivity contribution in [2.45, 2.75) is 6.54 Å². The van der Waals surface area contributed by atoms with Crippen LogP contribution in [0.5, 0.6) is 0 Å². The van der Waals surface area contributed by atoms with Gasteiger partial charge in [-0.05, 0) is 12.3 Å². The van der Waals surface area contributed by atoms with Gasteiger partial charge in [0.25, 0.3) is 0 Å². The molecule has 0 spiro atoms. The summed E-state index contributed by atoms with van der Waals surface area (Å²) in [5.74, 6) is 0.668. The Morgan fingerprint density at radius 3 is 2.85 bits per heavy atom. The summed E-state index contributed by atoms with van der Waals surface area (Å²) < 4.78 is 0. The Bertz CT molecular complexity index is 295. The first-order chi connectivity index (χ1) is 6.08. The molecular weight excluding hydrogens is 188 g/mol. The first-order valence-corrected chi connectivity index (χ1v) is 4.18. The third-order valence-electron chi connectivity index (χ3n) is 1.39. The fourth-order valence-corrected chi connectivity index (χ4v) is 1.17. The van der Waals surface area contributed by atoms with Crippen LogP contribution in [0.4, 0.5) is 0 Å². The molecular formula is C6H12N6S. The van der Waals surface area contributed by atoms with E-state index in [2.05, 4.69) is 15.4 Å². The second-order valence-corrected chi connectivity index (χ2v) is 3.36.